The topological polar surface area (TPSA) is 75.8 Å². The lowest BCUT2D eigenvalue weighted by atomic mass is 10.0. The summed E-state index contributed by atoms with van der Waals surface area (Å²) < 4.78 is 5.10. The van der Waals surface area contributed by atoms with Gasteiger partial charge in [0.15, 0.2) is 0 Å². The second-order valence-corrected chi connectivity index (χ2v) is 5.88. The first kappa shape index (κ1) is 16.3. The molecule has 0 fully saturated rings. The summed E-state index contributed by atoms with van der Waals surface area (Å²) in [4.78, 5) is 12.6. The zero-order chi connectivity index (χ0) is 15.3. The maximum atomic E-state index is 11.3. The van der Waals surface area contributed by atoms with Gasteiger partial charge in [0.25, 0.3) is 0 Å². The standard InChI is InChI=1S/C15H24N2O3/c1-15(2,3)17(14(18)19)10-12(16)9-11-5-7-13(20-4)8-6-11/h5-8,12H,9-10,16H2,1-4H3,(H,18,19)/t12-/m1/s1. The van der Waals surface area contributed by atoms with Crippen molar-refractivity contribution in [2.75, 3.05) is 13.7 Å². The van der Waals surface area contributed by atoms with Crippen LogP contribution in [-0.2, 0) is 6.42 Å². The third kappa shape index (κ3) is 4.74. The van der Waals surface area contributed by atoms with Crippen LogP contribution < -0.4 is 10.5 Å². The highest BCUT2D eigenvalue weighted by atomic mass is 16.5. The Labute approximate surface area is 120 Å². The molecule has 1 aromatic rings. The number of methoxy groups -OCH3 is 1. The van der Waals surface area contributed by atoms with Crippen molar-refractivity contribution in [3.63, 3.8) is 0 Å². The molecule has 0 aromatic heterocycles. The fourth-order valence-corrected chi connectivity index (χ4v) is 2.00. The molecule has 5 nitrogen and oxygen atoms in total. The Morgan fingerprint density at radius 2 is 1.90 bits per heavy atom. The molecule has 0 saturated carbocycles. The van der Waals surface area contributed by atoms with E-state index in [1.54, 1.807) is 7.11 Å². The third-order valence-electron chi connectivity index (χ3n) is 3.11. The van der Waals surface area contributed by atoms with Gasteiger partial charge < -0.3 is 20.5 Å². The van der Waals surface area contributed by atoms with Gasteiger partial charge in [-0.05, 0) is 44.9 Å². The number of benzene rings is 1. The summed E-state index contributed by atoms with van der Waals surface area (Å²) in [5, 5.41) is 9.25. The van der Waals surface area contributed by atoms with E-state index in [0.717, 1.165) is 11.3 Å². The van der Waals surface area contributed by atoms with E-state index >= 15 is 0 Å². The second kappa shape index (κ2) is 6.61. The third-order valence-corrected chi connectivity index (χ3v) is 3.11. The first-order valence-electron chi connectivity index (χ1n) is 6.63. The highest BCUT2D eigenvalue weighted by Crippen LogP contribution is 2.16. The first-order chi connectivity index (χ1) is 9.24. The van der Waals surface area contributed by atoms with Crippen LogP contribution in [0, 0.1) is 0 Å². The molecular formula is C15H24N2O3. The van der Waals surface area contributed by atoms with Gasteiger partial charge in [0.05, 0.1) is 7.11 Å². The van der Waals surface area contributed by atoms with E-state index in [-0.39, 0.29) is 6.04 Å². The molecule has 0 radical (unpaired) electrons. The Bertz CT molecular complexity index is 437. The predicted molar refractivity (Wildman–Crippen MR) is 79.2 cm³/mol. The lowest BCUT2D eigenvalue weighted by Crippen LogP contribution is -2.50. The highest BCUT2D eigenvalue weighted by molar-refractivity contribution is 5.66. The van der Waals surface area contributed by atoms with Gasteiger partial charge >= 0.3 is 6.09 Å². The number of nitrogens with two attached hydrogens (primary N) is 1. The highest BCUT2D eigenvalue weighted by Gasteiger charge is 2.27. The summed E-state index contributed by atoms with van der Waals surface area (Å²) in [5.74, 6) is 0.796. The van der Waals surface area contributed by atoms with Crippen molar-refractivity contribution in [2.45, 2.75) is 38.8 Å². The number of rotatable bonds is 5. The molecule has 1 aromatic carbocycles. The summed E-state index contributed by atoms with van der Waals surface area (Å²) in [6.07, 6.45) is -0.313. The van der Waals surface area contributed by atoms with E-state index in [9.17, 15) is 9.90 Å². The molecule has 1 rings (SSSR count). The summed E-state index contributed by atoms with van der Waals surface area (Å²) in [7, 11) is 1.62. The van der Waals surface area contributed by atoms with Crippen LogP contribution in [0.15, 0.2) is 24.3 Å². The number of hydrogen-bond acceptors (Lipinski definition) is 3. The number of carboxylic acid groups (broad SMARTS) is 1. The average Bonchev–Trinajstić information content (AvgIpc) is 2.35. The van der Waals surface area contributed by atoms with Gasteiger partial charge in [0.1, 0.15) is 5.75 Å². The molecule has 0 saturated heterocycles. The van der Waals surface area contributed by atoms with Crippen molar-refractivity contribution >= 4 is 6.09 Å². The summed E-state index contributed by atoms with van der Waals surface area (Å²) in [6, 6.07) is 7.40. The smallest absolute Gasteiger partial charge is 0.407 e. The van der Waals surface area contributed by atoms with Crippen LogP contribution in [0.2, 0.25) is 0 Å². The van der Waals surface area contributed by atoms with Gasteiger partial charge in [-0.3, -0.25) is 0 Å². The SMILES string of the molecule is COc1ccc(C[C@@H](N)CN(C(=O)O)C(C)(C)C)cc1. The molecule has 112 valence electrons. The maximum Gasteiger partial charge on any atom is 0.407 e. The van der Waals surface area contributed by atoms with E-state index in [0.29, 0.717) is 13.0 Å². The summed E-state index contributed by atoms with van der Waals surface area (Å²) >= 11 is 0. The van der Waals surface area contributed by atoms with Crippen LogP contribution >= 0.6 is 0 Å². The van der Waals surface area contributed by atoms with E-state index < -0.39 is 11.6 Å². The Balaban J connectivity index is 2.65. The lowest BCUT2D eigenvalue weighted by Gasteiger charge is -2.35. The Hall–Kier alpha value is -1.75. The Kier molecular flexibility index (Phi) is 5.39. The van der Waals surface area contributed by atoms with E-state index in [2.05, 4.69) is 0 Å². The van der Waals surface area contributed by atoms with Gasteiger partial charge in [-0.25, -0.2) is 4.79 Å². The first-order valence-corrected chi connectivity index (χ1v) is 6.63. The minimum atomic E-state index is -0.942. The fourth-order valence-electron chi connectivity index (χ4n) is 2.00. The number of amides is 1. The Morgan fingerprint density at radius 3 is 2.30 bits per heavy atom. The van der Waals surface area contributed by atoms with E-state index in [4.69, 9.17) is 10.5 Å². The van der Waals surface area contributed by atoms with Gasteiger partial charge in [-0.2, -0.15) is 0 Å². The van der Waals surface area contributed by atoms with Crippen molar-refractivity contribution < 1.29 is 14.6 Å². The largest absolute Gasteiger partial charge is 0.497 e. The zero-order valence-corrected chi connectivity index (χ0v) is 12.6. The summed E-state index contributed by atoms with van der Waals surface area (Å²) in [5.41, 5.74) is 6.69. The minimum Gasteiger partial charge on any atom is -0.497 e. The van der Waals surface area contributed by atoms with Crippen LogP contribution in [0.1, 0.15) is 26.3 Å². The molecule has 0 aliphatic heterocycles. The van der Waals surface area contributed by atoms with Crippen molar-refractivity contribution in [1.29, 1.82) is 0 Å². The Morgan fingerprint density at radius 1 is 1.35 bits per heavy atom. The van der Waals surface area contributed by atoms with Crippen LogP contribution in [0.3, 0.4) is 0 Å². The molecule has 0 aliphatic rings. The molecular weight excluding hydrogens is 256 g/mol. The number of ether oxygens (including phenoxy) is 1. The molecule has 0 unspecified atom stereocenters. The van der Waals surface area contributed by atoms with Gasteiger partial charge in [0.2, 0.25) is 0 Å². The zero-order valence-electron chi connectivity index (χ0n) is 12.6. The molecule has 0 heterocycles. The molecule has 1 atom stereocenters. The second-order valence-electron chi connectivity index (χ2n) is 5.88. The number of nitrogens with zero attached hydrogens (tertiary/aromatic N) is 1. The number of hydrogen-bond donors (Lipinski definition) is 2. The summed E-state index contributed by atoms with van der Waals surface area (Å²) in [6.45, 7) is 5.90. The molecule has 0 aliphatic carbocycles. The van der Waals surface area contributed by atoms with Crippen LogP contribution in [0.25, 0.3) is 0 Å². The van der Waals surface area contributed by atoms with E-state index in [1.807, 2.05) is 45.0 Å². The van der Waals surface area contributed by atoms with Gasteiger partial charge in [-0.1, -0.05) is 12.1 Å². The minimum absolute atomic E-state index is 0.237. The van der Waals surface area contributed by atoms with Crippen LogP contribution in [0.4, 0.5) is 4.79 Å². The monoisotopic (exact) mass is 280 g/mol. The number of carbonyl (C=O) groups is 1. The van der Waals surface area contributed by atoms with Crippen LogP contribution in [0.5, 0.6) is 5.75 Å². The lowest BCUT2D eigenvalue weighted by molar-refractivity contribution is 0.0960. The fraction of sp³-hybridized carbons (Fsp3) is 0.533. The van der Waals surface area contributed by atoms with Crippen molar-refractivity contribution in [2.24, 2.45) is 5.73 Å². The molecule has 20 heavy (non-hydrogen) atoms. The predicted octanol–water partition coefficient (Wildman–Crippen LogP) is 2.34. The van der Waals surface area contributed by atoms with Crippen LogP contribution in [-0.4, -0.2) is 41.3 Å². The van der Waals surface area contributed by atoms with Gasteiger partial charge in [0, 0.05) is 18.1 Å². The molecule has 3 N–H and O–H groups in total. The molecule has 1 amide bonds. The van der Waals surface area contributed by atoms with Crippen molar-refractivity contribution in [3.8, 4) is 5.75 Å². The van der Waals surface area contributed by atoms with E-state index in [1.165, 1.54) is 4.90 Å². The average molecular weight is 280 g/mol. The molecule has 5 heteroatoms. The maximum absolute atomic E-state index is 11.3. The van der Waals surface area contributed by atoms with Crippen molar-refractivity contribution in [3.05, 3.63) is 29.8 Å². The normalized spacial score (nSPS) is 12.8. The molecule has 0 spiro atoms. The van der Waals surface area contributed by atoms with Crippen molar-refractivity contribution in [1.82, 2.24) is 4.90 Å². The van der Waals surface area contributed by atoms with Gasteiger partial charge in [-0.15, -0.1) is 0 Å². The molecule has 0 bridgehead atoms. The quantitative estimate of drug-likeness (QED) is 0.868.